The number of methoxy groups -OCH3 is 3. The van der Waals surface area contributed by atoms with E-state index in [9.17, 15) is 10.1 Å². The molecule has 0 saturated heterocycles. The molecule has 146 valence electrons. The van der Waals surface area contributed by atoms with Gasteiger partial charge in [-0.2, -0.15) is 5.26 Å². The third-order valence-corrected chi connectivity index (χ3v) is 4.61. The Hall–Kier alpha value is -3.11. The second-order valence-corrected chi connectivity index (χ2v) is 6.66. The summed E-state index contributed by atoms with van der Waals surface area (Å²) in [5, 5.41) is 9.64. The molecule has 0 atom stereocenters. The second-order valence-electron chi connectivity index (χ2n) is 5.39. The van der Waals surface area contributed by atoms with Gasteiger partial charge < -0.3 is 18.9 Å². The van der Waals surface area contributed by atoms with Crippen molar-refractivity contribution >= 4 is 23.5 Å². The van der Waals surface area contributed by atoms with Crippen molar-refractivity contribution in [1.29, 1.82) is 5.26 Å². The zero-order valence-electron chi connectivity index (χ0n) is 16.1. The van der Waals surface area contributed by atoms with Crippen LogP contribution in [0.2, 0.25) is 0 Å². The monoisotopic (exact) mass is 399 g/mol. The predicted molar refractivity (Wildman–Crippen MR) is 109 cm³/mol. The molecular weight excluding hydrogens is 378 g/mol. The smallest absolute Gasteiger partial charge is 0.341 e. The lowest BCUT2D eigenvalue weighted by Gasteiger charge is -2.16. The minimum absolute atomic E-state index is 0.230. The Kier molecular flexibility index (Phi) is 7.78. The van der Waals surface area contributed by atoms with Crippen LogP contribution < -0.4 is 14.2 Å². The lowest BCUT2D eigenvalue weighted by atomic mass is 10.1. The van der Waals surface area contributed by atoms with Crippen molar-refractivity contribution in [3.05, 3.63) is 58.5 Å². The van der Waals surface area contributed by atoms with Gasteiger partial charge in [-0.05, 0) is 42.2 Å². The fourth-order valence-electron chi connectivity index (χ4n) is 2.37. The second kappa shape index (κ2) is 10.3. The van der Waals surface area contributed by atoms with E-state index in [1.54, 1.807) is 49.6 Å². The molecule has 0 spiro atoms. The normalized spacial score (nSPS) is 11.1. The summed E-state index contributed by atoms with van der Waals surface area (Å²) >= 11 is 1.35. The molecule has 2 rings (SSSR count). The zero-order chi connectivity index (χ0) is 20.5. The molecule has 0 fully saturated rings. The molecule has 0 saturated carbocycles. The number of allylic oxidation sites excluding steroid dienone is 1. The van der Waals surface area contributed by atoms with E-state index in [2.05, 4.69) is 6.07 Å². The van der Waals surface area contributed by atoms with Gasteiger partial charge >= 0.3 is 5.97 Å². The topological polar surface area (TPSA) is 77.8 Å². The van der Waals surface area contributed by atoms with E-state index in [1.165, 1.54) is 26.0 Å². The number of carbonyl (C=O) groups is 1. The number of hydrogen-bond acceptors (Lipinski definition) is 7. The van der Waals surface area contributed by atoms with E-state index in [0.29, 0.717) is 33.5 Å². The summed E-state index contributed by atoms with van der Waals surface area (Å²) in [6.07, 6.45) is 0. The van der Waals surface area contributed by atoms with Crippen molar-refractivity contribution in [2.24, 2.45) is 0 Å². The highest BCUT2D eigenvalue weighted by molar-refractivity contribution is 8.03. The van der Waals surface area contributed by atoms with Crippen LogP contribution in [0.5, 0.6) is 17.2 Å². The Labute approximate surface area is 168 Å². The number of hydrogen-bond donors (Lipinski definition) is 0. The van der Waals surface area contributed by atoms with Gasteiger partial charge in [0.1, 0.15) is 33.8 Å². The minimum atomic E-state index is -0.548. The fourth-order valence-corrected chi connectivity index (χ4v) is 3.02. The van der Waals surface area contributed by atoms with Gasteiger partial charge in [-0.3, -0.25) is 0 Å². The fraction of sp³-hybridized carbons (Fsp3) is 0.238. The van der Waals surface area contributed by atoms with Gasteiger partial charge in [0.2, 0.25) is 0 Å². The molecule has 6 nitrogen and oxygen atoms in total. The average molecular weight is 399 g/mol. The molecule has 0 aliphatic carbocycles. The molecule has 0 bridgehead atoms. The molecule has 0 radical (unpaired) electrons. The number of esters is 1. The number of ether oxygens (including phenoxy) is 4. The van der Waals surface area contributed by atoms with E-state index in [-0.39, 0.29) is 11.3 Å². The highest BCUT2D eigenvalue weighted by Gasteiger charge is 2.19. The SMILES string of the molecule is CCS/C(C#N)=C(/Oc1cc(OC)ccc1C(=O)OC)c1ccc(OC)cc1. The maximum absolute atomic E-state index is 12.2. The lowest BCUT2D eigenvalue weighted by Crippen LogP contribution is -2.07. The van der Waals surface area contributed by atoms with Gasteiger partial charge in [0.25, 0.3) is 0 Å². The van der Waals surface area contributed by atoms with Crippen LogP contribution in [-0.4, -0.2) is 33.1 Å². The quantitative estimate of drug-likeness (QED) is 0.367. The number of benzene rings is 2. The Morgan fingerprint density at radius 3 is 2.21 bits per heavy atom. The first-order valence-electron chi connectivity index (χ1n) is 8.43. The molecule has 0 amide bonds. The number of rotatable bonds is 8. The van der Waals surface area contributed by atoms with E-state index >= 15 is 0 Å². The Bertz CT molecular complexity index is 900. The maximum Gasteiger partial charge on any atom is 0.341 e. The molecule has 0 N–H and O–H groups in total. The number of nitriles is 1. The molecule has 7 heteroatoms. The van der Waals surface area contributed by atoms with E-state index in [1.807, 2.05) is 6.92 Å². The van der Waals surface area contributed by atoms with E-state index in [0.717, 1.165) is 0 Å². The van der Waals surface area contributed by atoms with Gasteiger partial charge in [-0.15, -0.1) is 11.8 Å². The van der Waals surface area contributed by atoms with Gasteiger partial charge in [0.15, 0.2) is 5.76 Å². The Morgan fingerprint density at radius 1 is 1.04 bits per heavy atom. The molecule has 2 aromatic rings. The summed E-state index contributed by atoms with van der Waals surface area (Å²) < 4.78 is 21.4. The van der Waals surface area contributed by atoms with Gasteiger partial charge in [0, 0.05) is 11.6 Å². The van der Waals surface area contributed by atoms with Crippen molar-refractivity contribution in [2.45, 2.75) is 6.92 Å². The van der Waals surface area contributed by atoms with Gasteiger partial charge in [-0.25, -0.2) is 4.79 Å². The highest BCUT2D eigenvalue weighted by Crippen LogP contribution is 2.34. The minimum Gasteiger partial charge on any atom is -0.497 e. The molecule has 2 aromatic carbocycles. The van der Waals surface area contributed by atoms with Crippen molar-refractivity contribution in [1.82, 2.24) is 0 Å². The summed E-state index contributed by atoms with van der Waals surface area (Å²) in [5.41, 5.74) is 0.907. The van der Waals surface area contributed by atoms with Crippen LogP contribution in [0.3, 0.4) is 0 Å². The highest BCUT2D eigenvalue weighted by atomic mass is 32.2. The van der Waals surface area contributed by atoms with E-state index in [4.69, 9.17) is 18.9 Å². The third kappa shape index (κ3) is 4.99. The van der Waals surface area contributed by atoms with Crippen LogP contribution in [0, 0.1) is 11.3 Å². The molecular formula is C21H21NO5S. The Balaban J connectivity index is 2.60. The number of carbonyl (C=O) groups excluding carboxylic acids is 1. The lowest BCUT2D eigenvalue weighted by molar-refractivity contribution is 0.0598. The molecule has 0 aliphatic heterocycles. The van der Waals surface area contributed by atoms with Gasteiger partial charge in [0.05, 0.1) is 21.3 Å². The molecule has 28 heavy (non-hydrogen) atoms. The summed E-state index contributed by atoms with van der Waals surface area (Å²) in [5.74, 6) is 1.92. The maximum atomic E-state index is 12.2. The summed E-state index contributed by atoms with van der Waals surface area (Å²) in [6.45, 7) is 1.94. The van der Waals surface area contributed by atoms with Crippen molar-refractivity contribution in [2.75, 3.05) is 27.1 Å². The van der Waals surface area contributed by atoms with Gasteiger partial charge in [-0.1, -0.05) is 6.92 Å². The summed E-state index contributed by atoms with van der Waals surface area (Å²) in [7, 11) is 4.39. The van der Waals surface area contributed by atoms with Crippen molar-refractivity contribution in [3.63, 3.8) is 0 Å². The number of nitrogens with zero attached hydrogens (tertiary/aromatic N) is 1. The van der Waals surface area contributed by atoms with Crippen LogP contribution in [0.1, 0.15) is 22.8 Å². The largest absolute Gasteiger partial charge is 0.497 e. The van der Waals surface area contributed by atoms with Crippen LogP contribution in [0.4, 0.5) is 0 Å². The standard InChI is InChI=1S/C21H21NO5S/c1-5-28-19(13-22)20(14-6-8-15(24-2)9-7-14)27-18-12-16(25-3)10-11-17(18)21(23)26-4/h6-12H,5H2,1-4H3/b20-19+. The summed E-state index contributed by atoms with van der Waals surface area (Å²) in [4.78, 5) is 12.5. The predicted octanol–water partition coefficient (Wildman–Crippen LogP) is 4.51. The molecule has 0 heterocycles. The first-order chi connectivity index (χ1) is 13.6. The van der Waals surface area contributed by atoms with Crippen LogP contribution in [0.15, 0.2) is 47.4 Å². The molecule has 0 aromatic heterocycles. The Morgan fingerprint density at radius 2 is 1.68 bits per heavy atom. The summed E-state index contributed by atoms with van der Waals surface area (Å²) in [6, 6.07) is 14.1. The zero-order valence-corrected chi connectivity index (χ0v) is 17.0. The van der Waals surface area contributed by atoms with Crippen LogP contribution >= 0.6 is 11.8 Å². The van der Waals surface area contributed by atoms with Crippen molar-refractivity contribution in [3.8, 4) is 23.3 Å². The van der Waals surface area contributed by atoms with Crippen LogP contribution in [-0.2, 0) is 4.74 Å². The van der Waals surface area contributed by atoms with E-state index < -0.39 is 5.97 Å². The first kappa shape index (κ1) is 21.2. The average Bonchev–Trinajstić information content (AvgIpc) is 2.75. The first-order valence-corrected chi connectivity index (χ1v) is 9.42. The number of thioether (sulfide) groups is 1. The van der Waals surface area contributed by atoms with Crippen molar-refractivity contribution < 1.29 is 23.7 Å². The third-order valence-electron chi connectivity index (χ3n) is 3.75. The molecule has 0 unspecified atom stereocenters. The molecule has 0 aliphatic rings. The van der Waals surface area contributed by atoms with Crippen LogP contribution in [0.25, 0.3) is 5.76 Å².